The van der Waals surface area contributed by atoms with Crippen LogP contribution in [-0.4, -0.2) is 13.4 Å². The third kappa shape index (κ3) is 3.36. The van der Waals surface area contributed by atoms with E-state index in [2.05, 4.69) is 25.8 Å². The van der Waals surface area contributed by atoms with Gasteiger partial charge in [-0.3, -0.25) is 4.98 Å². The smallest absolute Gasteiger partial charge is 0.340 e. The number of rotatable bonds is 3. The molecule has 0 amide bonds. The van der Waals surface area contributed by atoms with E-state index < -0.39 is 10.1 Å². The Morgan fingerprint density at radius 1 is 1.05 bits per heavy atom. The van der Waals surface area contributed by atoms with Crippen molar-refractivity contribution in [3.8, 4) is 5.75 Å². The van der Waals surface area contributed by atoms with E-state index in [4.69, 9.17) is 4.18 Å². The molecule has 0 bridgehead atoms. The Kier molecular flexibility index (Phi) is 3.81. The Balaban J connectivity index is 2.23. The molecule has 0 spiro atoms. The molecule has 0 aliphatic carbocycles. The molecule has 5 heteroatoms. The lowest BCUT2D eigenvalue weighted by Crippen LogP contribution is -2.12. The molecule has 0 N–H and O–H groups in total. The van der Waals surface area contributed by atoms with Crippen LogP contribution in [0.5, 0.6) is 5.75 Å². The number of hydrogen-bond acceptors (Lipinski definition) is 4. The lowest BCUT2D eigenvalue weighted by atomic mass is 9.87. The van der Waals surface area contributed by atoms with Crippen LogP contribution in [-0.2, 0) is 15.5 Å². The number of nitrogens with zero attached hydrogens (tertiary/aromatic N) is 1. The first-order valence-electron chi connectivity index (χ1n) is 6.24. The summed E-state index contributed by atoms with van der Waals surface area (Å²) < 4.78 is 29.1. The zero-order valence-corrected chi connectivity index (χ0v) is 12.5. The summed E-state index contributed by atoms with van der Waals surface area (Å²) in [6.07, 6.45) is 2.77. The van der Waals surface area contributed by atoms with E-state index in [-0.39, 0.29) is 10.3 Å². The minimum atomic E-state index is -3.82. The lowest BCUT2D eigenvalue weighted by molar-refractivity contribution is 0.485. The fourth-order valence-corrected chi connectivity index (χ4v) is 2.58. The summed E-state index contributed by atoms with van der Waals surface area (Å²) in [7, 11) is -3.82. The zero-order chi connectivity index (χ0) is 14.8. The minimum absolute atomic E-state index is 0.0146. The highest BCUT2D eigenvalue weighted by atomic mass is 32.2. The van der Waals surface area contributed by atoms with Gasteiger partial charge in [-0.25, -0.2) is 0 Å². The van der Waals surface area contributed by atoms with E-state index in [1.165, 1.54) is 18.5 Å². The van der Waals surface area contributed by atoms with Gasteiger partial charge in [-0.15, -0.1) is 0 Å². The molecule has 0 aliphatic heterocycles. The first kappa shape index (κ1) is 14.5. The highest BCUT2D eigenvalue weighted by Gasteiger charge is 2.18. The molecule has 2 aromatic rings. The van der Waals surface area contributed by atoms with Gasteiger partial charge in [0.05, 0.1) is 0 Å². The number of aromatic nitrogens is 1. The van der Waals surface area contributed by atoms with Crippen LogP contribution in [0.25, 0.3) is 0 Å². The SMILES string of the molecule is CC(C)(C)c1ccc(OS(=O)(=O)c2cccnc2)cc1. The van der Waals surface area contributed by atoms with E-state index in [9.17, 15) is 8.42 Å². The predicted molar refractivity (Wildman–Crippen MR) is 77.2 cm³/mol. The van der Waals surface area contributed by atoms with Crippen LogP contribution in [0.4, 0.5) is 0 Å². The van der Waals surface area contributed by atoms with Gasteiger partial charge in [-0.05, 0) is 35.2 Å². The molecule has 20 heavy (non-hydrogen) atoms. The molecule has 0 saturated carbocycles. The normalized spacial score (nSPS) is 12.2. The van der Waals surface area contributed by atoms with Crippen LogP contribution in [0.2, 0.25) is 0 Å². The van der Waals surface area contributed by atoms with Crippen LogP contribution in [0.15, 0.2) is 53.7 Å². The second kappa shape index (κ2) is 5.25. The summed E-state index contributed by atoms with van der Waals surface area (Å²) in [4.78, 5) is 3.82. The maximum absolute atomic E-state index is 12.0. The Hall–Kier alpha value is -1.88. The Morgan fingerprint density at radius 2 is 1.70 bits per heavy atom. The largest absolute Gasteiger partial charge is 0.379 e. The van der Waals surface area contributed by atoms with Crippen molar-refractivity contribution in [1.29, 1.82) is 0 Å². The molecule has 0 radical (unpaired) electrons. The average molecular weight is 291 g/mol. The van der Waals surface area contributed by atoms with E-state index in [1.54, 1.807) is 18.2 Å². The summed E-state index contributed by atoms with van der Waals surface area (Å²) in [5.41, 5.74) is 1.13. The molecule has 0 fully saturated rings. The fourth-order valence-electron chi connectivity index (χ4n) is 1.68. The topological polar surface area (TPSA) is 56.3 Å². The van der Waals surface area contributed by atoms with Gasteiger partial charge in [-0.1, -0.05) is 32.9 Å². The van der Waals surface area contributed by atoms with Crippen LogP contribution < -0.4 is 4.18 Å². The van der Waals surface area contributed by atoms with E-state index in [0.29, 0.717) is 5.75 Å². The zero-order valence-electron chi connectivity index (χ0n) is 11.7. The van der Waals surface area contributed by atoms with Crippen molar-refractivity contribution in [2.45, 2.75) is 31.1 Å². The highest BCUT2D eigenvalue weighted by molar-refractivity contribution is 7.87. The second-order valence-corrected chi connectivity index (χ2v) is 7.05. The van der Waals surface area contributed by atoms with Crippen molar-refractivity contribution in [2.24, 2.45) is 0 Å². The molecular weight excluding hydrogens is 274 g/mol. The summed E-state index contributed by atoms with van der Waals surface area (Å²) in [5, 5.41) is 0. The Bertz CT molecular complexity index is 671. The van der Waals surface area contributed by atoms with Crippen molar-refractivity contribution < 1.29 is 12.6 Å². The van der Waals surface area contributed by atoms with Crippen molar-refractivity contribution in [2.75, 3.05) is 0 Å². The molecule has 1 aromatic heterocycles. The molecule has 0 unspecified atom stereocenters. The quantitative estimate of drug-likeness (QED) is 0.815. The molecule has 106 valence electrons. The van der Waals surface area contributed by atoms with E-state index in [1.807, 2.05) is 12.1 Å². The van der Waals surface area contributed by atoms with Crippen molar-refractivity contribution in [3.63, 3.8) is 0 Å². The standard InChI is InChI=1S/C15H17NO3S/c1-15(2,3)12-6-8-13(9-7-12)19-20(17,18)14-5-4-10-16-11-14/h4-11H,1-3H3. The van der Waals surface area contributed by atoms with Gasteiger partial charge in [0.2, 0.25) is 0 Å². The van der Waals surface area contributed by atoms with Gasteiger partial charge in [-0.2, -0.15) is 8.42 Å². The molecule has 0 saturated heterocycles. The molecule has 2 rings (SSSR count). The lowest BCUT2D eigenvalue weighted by Gasteiger charge is -2.19. The number of pyridine rings is 1. The average Bonchev–Trinajstić information content (AvgIpc) is 2.39. The van der Waals surface area contributed by atoms with Crippen LogP contribution in [0.1, 0.15) is 26.3 Å². The third-order valence-corrected chi connectivity index (χ3v) is 4.08. The molecule has 4 nitrogen and oxygen atoms in total. The molecule has 1 heterocycles. The molecule has 0 atom stereocenters. The van der Waals surface area contributed by atoms with Gasteiger partial charge in [0, 0.05) is 12.4 Å². The minimum Gasteiger partial charge on any atom is -0.379 e. The summed E-state index contributed by atoms with van der Waals surface area (Å²) in [6.45, 7) is 6.28. The summed E-state index contributed by atoms with van der Waals surface area (Å²) in [6, 6.07) is 10.1. The molecule has 0 aliphatic rings. The third-order valence-electron chi connectivity index (χ3n) is 2.85. The second-order valence-electron chi connectivity index (χ2n) is 5.50. The Labute approximate surface area is 119 Å². The van der Waals surface area contributed by atoms with Gasteiger partial charge in [0.25, 0.3) is 0 Å². The van der Waals surface area contributed by atoms with E-state index >= 15 is 0 Å². The summed E-state index contributed by atoms with van der Waals surface area (Å²) >= 11 is 0. The monoisotopic (exact) mass is 291 g/mol. The van der Waals surface area contributed by atoms with Gasteiger partial charge in [0.1, 0.15) is 10.6 Å². The first-order chi connectivity index (χ1) is 9.29. The highest BCUT2D eigenvalue weighted by Crippen LogP contribution is 2.25. The van der Waals surface area contributed by atoms with Gasteiger partial charge in [0.15, 0.2) is 0 Å². The maximum Gasteiger partial charge on any atom is 0.340 e. The first-order valence-corrected chi connectivity index (χ1v) is 7.65. The Morgan fingerprint density at radius 3 is 2.20 bits per heavy atom. The number of hydrogen-bond donors (Lipinski definition) is 0. The number of benzene rings is 1. The maximum atomic E-state index is 12.0. The van der Waals surface area contributed by atoms with E-state index in [0.717, 1.165) is 5.56 Å². The van der Waals surface area contributed by atoms with Crippen molar-refractivity contribution >= 4 is 10.1 Å². The summed E-state index contributed by atoms with van der Waals surface area (Å²) in [5.74, 6) is 0.293. The molecule has 1 aromatic carbocycles. The van der Waals surface area contributed by atoms with Crippen LogP contribution >= 0.6 is 0 Å². The van der Waals surface area contributed by atoms with Gasteiger partial charge < -0.3 is 4.18 Å². The van der Waals surface area contributed by atoms with Crippen molar-refractivity contribution in [1.82, 2.24) is 4.98 Å². The molecular formula is C15H17NO3S. The van der Waals surface area contributed by atoms with Crippen molar-refractivity contribution in [3.05, 3.63) is 54.4 Å². The fraction of sp³-hybridized carbons (Fsp3) is 0.267. The van der Waals surface area contributed by atoms with Crippen LogP contribution in [0, 0.1) is 0 Å². The van der Waals surface area contributed by atoms with Gasteiger partial charge >= 0.3 is 10.1 Å². The van der Waals surface area contributed by atoms with Crippen LogP contribution in [0.3, 0.4) is 0 Å². The predicted octanol–water partition coefficient (Wildman–Crippen LogP) is 3.15.